The zero-order chi connectivity index (χ0) is 12.5. The van der Waals surface area contributed by atoms with Gasteiger partial charge in [-0.25, -0.2) is 0 Å². The van der Waals surface area contributed by atoms with Crippen LogP contribution in [-0.2, 0) is 6.18 Å². The molecule has 0 radical (unpaired) electrons. The van der Waals surface area contributed by atoms with Gasteiger partial charge in [-0.1, -0.05) is 6.58 Å². The molecule has 0 amide bonds. The summed E-state index contributed by atoms with van der Waals surface area (Å²) >= 11 is 0.987. The molecule has 0 aliphatic rings. The summed E-state index contributed by atoms with van der Waals surface area (Å²) in [4.78, 5) is 0.125. The SMILES string of the molecule is C=C(O)c1c(O)cc(C(F)(F)F)cc1SC. The minimum atomic E-state index is -4.53. The van der Waals surface area contributed by atoms with E-state index in [0.29, 0.717) is 6.07 Å². The van der Waals surface area contributed by atoms with Gasteiger partial charge in [0.15, 0.2) is 0 Å². The minimum absolute atomic E-state index is 0.0690. The van der Waals surface area contributed by atoms with Gasteiger partial charge in [-0.15, -0.1) is 11.8 Å². The van der Waals surface area contributed by atoms with E-state index < -0.39 is 23.2 Å². The van der Waals surface area contributed by atoms with Crippen molar-refractivity contribution >= 4 is 17.5 Å². The number of hydrogen-bond donors (Lipinski definition) is 2. The molecule has 0 fully saturated rings. The summed E-state index contributed by atoms with van der Waals surface area (Å²) < 4.78 is 37.2. The predicted octanol–water partition coefficient (Wildman–Crippen LogP) is 3.66. The molecule has 2 N–H and O–H groups in total. The van der Waals surface area contributed by atoms with Crippen molar-refractivity contribution < 1.29 is 23.4 Å². The Balaban J connectivity index is 3.44. The molecule has 0 spiro atoms. The minimum Gasteiger partial charge on any atom is -0.508 e. The number of benzene rings is 1. The second kappa shape index (κ2) is 4.29. The van der Waals surface area contributed by atoms with Crippen LogP contribution in [0, 0.1) is 0 Å². The fraction of sp³-hybridized carbons (Fsp3) is 0.200. The molecule has 0 heterocycles. The Labute approximate surface area is 94.4 Å². The number of phenols is 1. The highest BCUT2D eigenvalue weighted by Crippen LogP contribution is 2.39. The fourth-order valence-electron chi connectivity index (χ4n) is 1.22. The van der Waals surface area contributed by atoms with Gasteiger partial charge in [-0.3, -0.25) is 0 Å². The smallest absolute Gasteiger partial charge is 0.416 e. The van der Waals surface area contributed by atoms with E-state index in [2.05, 4.69) is 6.58 Å². The van der Waals surface area contributed by atoms with Gasteiger partial charge >= 0.3 is 6.18 Å². The Hall–Kier alpha value is -1.30. The van der Waals surface area contributed by atoms with Crippen LogP contribution in [0.2, 0.25) is 0 Å². The van der Waals surface area contributed by atoms with Gasteiger partial charge < -0.3 is 10.2 Å². The Morgan fingerprint density at radius 2 is 1.94 bits per heavy atom. The molecule has 0 saturated heterocycles. The number of alkyl halides is 3. The molecule has 0 aromatic heterocycles. The summed E-state index contributed by atoms with van der Waals surface area (Å²) in [7, 11) is 0. The average Bonchev–Trinajstić information content (AvgIpc) is 2.14. The monoisotopic (exact) mass is 250 g/mol. The molecule has 16 heavy (non-hydrogen) atoms. The number of rotatable bonds is 2. The van der Waals surface area contributed by atoms with E-state index >= 15 is 0 Å². The third-order valence-corrected chi connectivity index (χ3v) is 2.68. The maximum atomic E-state index is 12.4. The first-order chi connectivity index (χ1) is 7.27. The van der Waals surface area contributed by atoms with Gasteiger partial charge in [0, 0.05) is 4.90 Å². The number of hydrogen-bond acceptors (Lipinski definition) is 3. The Morgan fingerprint density at radius 3 is 2.31 bits per heavy atom. The summed E-state index contributed by atoms with van der Waals surface area (Å²) in [5.41, 5.74) is -1.03. The zero-order valence-electron chi connectivity index (χ0n) is 8.30. The number of halogens is 3. The molecule has 1 rings (SSSR count). The normalized spacial score (nSPS) is 11.5. The molecule has 88 valence electrons. The lowest BCUT2D eigenvalue weighted by molar-refractivity contribution is -0.137. The number of aliphatic hydroxyl groups excluding tert-OH is 1. The van der Waals surface area contributed by atoms with E-state index in [1.165, 1.54) is 0 Å². The molecule has 6 heteroatoms. The molecule has 0 aliphatic carbocycles. The summed E-state index contributed by atoms with van der Waals surface area (Å²) in [5, 5.41) is 18.6. The van der Waals surface area contributed by atoms with Crippen molar-refractivity contribution in [2.45, 2.75) is 11.1 Å². The van der Waals surface area contributed by atoms with Gasteiger partial charge in [0.1, 0.15) is 11.5 Å². The molecule has 0 aliphatic heterocycles. The van der Waals surface area contributed by atoms with Crippen molar-refractivity contribution in [3.63, 3.8) is 0 Å². The van der Waals surface area contributed by atoms with Gasteiger partial charge in [-0.05, 0) is 18.4 Å². The van der Waals surface area contributed by atoms with E-state index in [1.54, 1.807) is 6.26 Å². The zero-order valence-corrected chi connectivity index (χ0v) is 9.11. The van der Waals surface area contributed by atoms with Crippen LogP contribution >= 0.6 is 11.8 Å². The van der Waals surface area contributed by atoms with Crippen LogP contribution in [0.5, 0.6) is 5.75 Å². The first kappa shape index (κ1) is 12.8. The van der Waals surface area contributed by atoms with E-state index in [4.69, 9.17) is 5.11 Å². The second-order valence-electron chi connectivity index (χ2n) is 3.02. The molecule has 0 bridgehead atoms. The standard InChI is InChI=1S/C10H9F3O2S/c1-5(14)9-7(15)3-6(10(11,12)13)4-8(9)16-2/h3-4,14-15H,1H2,2H3. The molecular formula is C10H9F3O2S. The number of aromatic hydroxyl groups is 1. The van der Waals surface area contributed by atoms with Crippen molar-refractivity contribution in [2.75, 3.05) is 6.26 Å². The fourth-order valence-corrected chi connectivity index (χ4v) is 1.89. The molecular weight excluding hydrogens is 241 g/mol. The number of phenolic OH excluding ortho intramolecular Hbond substituents is 1. The van der Waals surface area contributed by atoms with Crippen LogP contribution in [0.25, 0.3) is 5.76 Å². The van der Waals surface area contributed by atoms with Crippen LogP contribution in [0.4, 0.5) is 13.2 Å². The van der Waals surface area contributed by atoms with E-state index in [0.717, 1.165) is 17.8 Å². The first-order valence-corrected chi connectivity index (χ1v) is 5.36. The lowest BCUT2D eigenvalue weighted by atomic mass is 10.1. The average molecular weight is 250 g/mol. The molecule has 0 atom stereocenters. The Bertz CT molecular complexity index is 427. The lowest BCUT2D eigenvalue weighted by Gasteiger charge is -2.13. The van der Waals surface area contributed by atoms with E-state index in [1.807, 2.05) is 0 Å². The predicted molar refractivity (Wildman–Crippen MR) is 56.6 cm³/mol. The quantitative estimate of drug-likeness (QED) is 0.621. The van der Waals surface area contributed by atoms with E-state index in [-0.39, 0.29) is 10.5 Å². The molecule has 1 aromatic carbocycles. The summed E-state index contributed by atoms with van der Waals surface area (Å²) in [5.74, 6) is -1.10. The second-order valence-corrected chi connectivity index (χ2v) is 3.87. The lowest BCUT2D eigenvalue weighted by Crippen LogP contribution is -2.05. The highest BCUT2D eigenvalue weighted by atomic mass is 32.2. The molecule has 1 aromatic rings. The van der Waals surface area contributed by atoms with Gasteiger partial charge in [-0.2, -0.15) is 13.2 Å². The van der Waals surface area contributed by atoms with Crippen molar-refractivity contribution in [1.29, 1.82) is 0 Å². The molecule has 2 nitrogen and oxygen atoms in total. The Kier molecular flexibility index (Phi) is 3.42. The van der Waals surface area contributed by atoms with Gasteiger partial charge in [0.05, 0.1) is 11.1 Å². The third-order valence-electron chi connectivity index (χ3n) is 1.92. The van der Waals surface area contributed by atoms with Crippen molar-refractivity contribution in [2.24, 2.45) is 0 Å². The van der Waals surface area contributed by atoms with Crippen LogP contribution in [0.15, 0.2) is 23.6 Å². The largest absolute Gasteiger partial charge is 0.508 e. The highest BCUT2D eigenvalue weighted by Gasteiger charge is 2.32. The topological polar surface area (TPSA) is 40.5 Å². The summed E-state index contributed by atoms with van der Waals surface area (Å²) in [6.07, 6.45) is -2.99. The first-order valence-electron chi connectivity index (χ1n) is 4.13. The maximum absolute atomic E-state index is 12.4. The van der Waals surface area contributed by atoms with Crippen LogP contribution in [0.3, 0.4) is 0 Å². The van der Waals surface area contributed by atoms with Gasteiger partial charge in [0.2, 0.25) is 0 Å². The summed E-state index contributed by atoms with van der Waals surface area (Å²) in [6.45, 7) is 3.19. The van der Waals surface area contributed by atoms with Gasteiger partial charge in [0.25, 0.3) is 0 Å². The van der Waals surface area contributed by atoms with Crippen LogP contribution < -0.4 is 0 Å². The summed E-state index contributed by atoms with van der Waals surface area (Å²) in [6, 6.07) is 1.43. The highest BCUT2D eigenvalue weighted by molar-refractivity contribution is 7.98. The maximum Gasteiger partial charge on any atom is 0.416 e. The number of thioether (sulfide) groups is 1. The van der Waals surface area contributed by atoms with E-state index in [9.17, 15) is 18.3 Å². The van der Waals surface area contributed by atoms with Crippen molar-refractivity contribution in [3.05, 3.63) is 29.8 Å². The molecule has 0 saturated carbocycles. The number of aliphatic hydroxyl groups is 1. The van der Waals surface area contributed by atoms with Crippen LogP contribution in [0.1, 0.15) is 11.1 Å². The Morgan fingerprint density at radius 1 is 1.38 bits per heavy atom. The van der Waals surface area contributed by atoms with Crippen molar-refractivity contribution in [1.82, 2.24) is 0 Å². The molecule has 0 unspecified atom stereocenters. The van der Waals surface area contributed by atoms with Crippen LogP contribution in [-0.4, -0.2) is 16.5 Å². The third kappa shape index (κ3) is 2.44. The van der Waals surface area contributed by atoms with Crippen molar-refractivity contribution in [3.8, 4) is 5.75 Å².